The van der Waals surface area contributed by atoms with Crippen LogP contribution in [0.25, 0.3) is 0 Å². The van der Waals surface area contributed by atoms with Crippen molar-refractivity contribution in [3.05, 3.63) is 70.3 Å². The van der Waals surface area contributed by atoms with Crippen molar-refractivity contribution in [1.29, 1.82) is 0 Å². The minimum absolute atomic E-state index is 0.00472. The molecular weight excluding hydrogens is 634 g/mol. The first-order valence-electron chi connectivity index (χ1n) is 17.0. The molecule has 1 fully saturated rings. The van der Waals surface area contributed by atoms with E-state index in [1.165, 1.54) is 11.1 Å². The summed E-state index contributed by atoms with van der Waals surface area (Å²) in [5.41, 5.74) is 2.40. The molecule has 256 valence electrons. The van der Waals surface area contributed by atoms with Crippen LogP contribution in [0.1, 0.15) is 67.4 Å². The predicted octanol–water partition coefficient (Wildman–Crippen LogP) is 4.84. The van der Waals surface area contributed by atoms with E-state index in [9.17, 15) is 19.2 Å². The number of allylic oxidation sites excluding steroid dienone is 1. The molecule has 10 heteroatoms. The minimum atomic E-state index is -2.99. The maximum Gasteiger partial charge on any atom is 0.262 e. The van der Waals surface area contributed by atoms with Gasteiger partial charge in [-0.05, 0) is 118 Å². The van der Waals surface area contributed by atoms with E-state index in [1.807, 2.05) is 56.1 Å². The van der Waals surface area contributed by atoms with E-state index in [0.29, 0.717) is 50.5 Å². The number of hydrogen-bond acceptors (Lipinski definition) is 7. The van der Waals surface area contributed by atoms with Crippen molar-refractivity contribution in [2.24, 2.45) is 17.8 Å². The van der Waals surface area contributed by atoms with Gasteiger partial charge in [-0.1, -0.05) is 36.7 Å². The summed E-state index contributed by atoms with van der Waals surface area (Å²) in [6.07, 6.45) is 9.37. The summed E-state index contributed by atoms with van der Waals surface area (Å²) in [6.45, 7) is 6.65. The SMILES string of the molecule is C=S1(=O)NC(=O)c2ccc3c(c2)N(C[C@@H]2CC[C@H]2[C@@](O)(CN(C)CCO)/C=C/C[C@H](C)[C@H]1C)C[C@@]1(CCCc2cc(Cl)ccc21)CO3. The van der Waals surface area contributed by atoms with Crippen LogP contribution in [-0.2, 0) is 21.5 Å². The number of amides is 1. The summed E-state index contributed by atoms with van der Waals surface area (Å²) in [7, 11) is -1.06. The Balaban J connectivity index is 1.44. The Hall–Kier alpha value is -2.56. The number of aryl methyl sites for hydroxylation is 1. The highest BCUT2D eigenvalue weighted by molar-refractivity contribution is 7.99. The maximum atomic E-state index is 13.8. The highest BCUT2D eigenvalue weighted by Crippen LogP contribution is 2.48. The van der Waals surface area contributed by atoms with Gasteiger partial charge in [0.25, 0.3) is 5.91 Å². The second-order valence-corrected chi connectivity index (χ2v) is 17.5. The van der Waals surface area contributed by atoms with Crippen LogP contribution in [0.2, 0.25) is 5.02 Å². The molecule has 2 aliphatic heterocycles. The predicted molar refractivity (Wildman–Crippen MR) is 191 cm³/mol. The number of fused-ring (bicyclic) bond motifs is 4. The molecule has 2 bridgehead atoms. The molecule has 2 aromatic carbocycles. The van der Waals surface area contributed by atoms with Crippen molar-refractivity contribution in [2.45, 2.75) is 68.6 Å². The van der Waals surface area contributed by atoms with Gasteiger partial charge < -0.3 is 24.7 Å². The van der Waals surface area contributed by atoms with E-state index < -0.39 is 26.5 Å². The standard InChI is InChI=1S/C37H50ClN3O5S/c1-25-7-5-16-37(44,23-40(3)17-18-42)32-12-9-29(32)21-41-22-36(15-6-8-27-19-30(38)11-13-31(27)36)24-46-34-14-10-28(20-33(34)41)35(43)39-47(4,45)26(25)2/h5,10-11,13-14,16,19-20,25-26,29,32,42,44H,4,6-9,12,15,17-18,21-24H2,1-3H3,(H,39,43,45)/b16-5+/t25-,26+,29-,32+,36-,37-,47?/m0/s1. The average Bonchev–Trinajstić information content (AvgIpc) is 3.14. The summed E-state index contributed by atoms with van der Waals surface area (Å²) in [5, 5.41) is 22.4. The second kappa shape index (κ2) is 13.4. The Labute approximate surface area is 285 Å². The molecule has 2 aromatic rings. The lowest BCUT2D eigenvalue weighted by Crippen LogP contribution is -2.55. The third-order valence-electron chi connectivity index (χ3n) is 11.4. The van der Waals surface area contributed by atoms with E-state index in [4.69, 9.17) is 16.3 Å². The van der Waals surface area contributed by atoms with Gasteiger partial charge in [0.15, 0.2) is 0 Å². The van der Waals surface area contributed by atoms with Crippen molar-refractivity contribution < 1.29 is 24.0 Å². The second-order valence-electron chi connectivity index (χ2n) is 14.7. The van der Waals surface area contributed by atoms with Crippen LogP contribution in [0.4, 0.5) is 5.69 Å². The van der Waals surface area contributed by atoms with Crippen LogP contribution in [0, 0.1) is 17.8 Å². The Kier molecular flexibility index (Phi) is 9.77. The molecule has 1 unspecified atom stereocenters. The number of halogens is 1. The van der Waals surface area contributed by atoms with Gasteiger partial charge in [0.2, 0.25) is 0 Å². The van der Waals surface area contributed by atoms with Gasteiger partial charge >= 0.3 is 0 Å². The number of benzene rings is 2. The molecule has 8 nitrogen and oxygen atoms in total. The maximum absolute atomic E-state index is 13.8. The van der Waals surface area contributed by atoms with Crippen molar-refractivity contribution in [2.75, 3.05) is 51.3 Å². The average molecular weight is 684 g/mol. The van der Waals surface area contributed by atoms with E-state index >= 15 is 0 Å². The van der Waals surface area contributed by atoms with Gasteiger partial charge in [-0.25, -0.2) is 4.21 Å². The number of carbonyl (C=O) groups is 1. The number of nitrogens with zero attached hydrogens (tertiary/aromatic N) is 2. The molecule has 2 aliphatic carbocycles. The monoisotopic (exact) mass is 683 g/mol. The third-order valence-corrected chi connectivity index (χ3v) is 13.8. The quantitative estimate of drug-likeness (QED) is 0.313. The fourth-order valence-electron chi connectivity index (χ4n) is 8.32. The number of likely N-dealkylation sites (N-methyl/N-ethyl adjacent to an activating group) is 1. The smallest absolute Gasteiger partial charge is 0.262 e. The molecule has 2 heterocycles. The summed E-state index contributed by atoms with van der Waals surface area (Å²) < 4.78 is 23.2. The first-order chi connectivity index (χ1) is 22.3. The largest absolute Gasteiger partial charge is 0.490 e. The molecule has 0 saturated heterocycles. The summed E-state index contributed by atoms with van der Waals surface area (Å²) >= 11 is 6.45. The first kappa shape index (κ1) is 34.3. The lowest BCUT2D eigenvalue weighted by atomic mass is 9.63. The molecule has 6 rings (SSSR count). The van der Waals surface area contributed by atoms with Gasteiger partial charge in [0.1, 0.15) is 5.75 Å². The van der Waals surface area contributed by atoms with E-state index in [1.54, 1.807) is 6.07 Å². The lowest BCUT2D eigenvalue weighted by molar-refractivity contribution is -0.0624. The van der Waals surface area contributed by atoms with E-state index in [-0.39, 0.29) is 29.8 Å². The molecule has 1 amide bonds. The molecule has 0 aromatic heterocycles. The number of aliphatic hydroxyl groups is 2. The van der Waals surface area contributed by atoms with Gasteiger partial charge in [-0.15, -0.1) is 0 Å². The third kappa shape index (κ3) is 6.84. The molecule has 1 spiro atoms. The van der Waals surface area contributed by atoms with E-state index in [0.717, 1.165) is 42.8 Å². The highest BCUT2D eigenvalue weighted by atomic mass is 35.5. The van der Waals surface area contributed by atoms with Crippen LogP contribution in [0.3, 0.4) is 0 Å². The van der Waals surface area contributed by atoms with Crippen molar-refractivity contribution in [1.82, 2.24) is 9.62 Å². The fraction of sp³-hybridized carbons (Fsp3) is 0.568. The Morgan fingerprint density at radius 2 is 2.02 bits per heavy atom. The number of carbonyl (C=O) groups excluding carboxylic acids is 1. The summed E-state index contributed by atoms with van der Waals surface area (Å²) in [5.74, 6) is 4.44. The van der Waals surface area contributed by atoms with Crippen LogP contribution >= 0.6 is 11.6 Å². The highest BCUT2D eigenvalue weighted by Gasteiger charge is 2.48. The molecule has 3 N–H and O–H groups in total. The van der Waals surface area contributed by atoms with Gasteiger partial charge in [-0.3, -0.25) is 9.52 Å². The zero-order valence-electron chi connectivity index (χ0n) is 27.9. The number of hydrogen-bond donors (Lipinski definition) is 3. The zero-order valence-corrected chi connectivity index (χ0v) is 29.5. The minimum Gasteiger partial charge on any atom is -0.490 e. The molecule has 4 aliphatic rings. The van der Waals surface area contributed by atoms with Gasteiger partial charge in [0.05, 0.1) is 34.2 Å². The molecule has 7 atom stereocenters. The number of anilines is 1. The van der Waals surface area contributed by atoms with Crippen molar-refractivity contribution in [3.63, 3.8) is 0 Å². The Morgan fingerprint density at radius 1 is 1.21 bits per heavy atom. The van der Waals surface area contributed by atoms with Crippen LogP contribution < -0.4 is 14.4 Å². The first-order valence-corrected chi connectivity index (χ1v) is 19.2. The number of ether oxygens (including phenoxy) is 1. The number of aliphatic hydroxyl groups excluding tert-OH is 1. The number of rotatable bonds is 4. The van der Waals surface area contributed by atoms with Crippen LogP contribution in [-0.4, -0.2) is 88.4 Å². The molecule has 1 saturated carbocycles. The molecule has 0 radical (unpaired) electrons. The number of nitrogens with one attached hydrogen (secondary N) is 1. The lowest BCUT2D eigenvalue weighted by Gasteiger charge is -2.50. The summed E-state index contributed by atoms with van der Waals surface area (Å²) in [4.78, 5) is 18.0. The van der Waals surface area contributed by atoms with Crippen LogP contribution in [0.5, 0.6) is 5.75 Å². The van der Waals surface area contributed by atoms with Crippen LogP contribution in [0.15, 0.2) is 48.6 Å². The topological polar surface area (TPSA) is 102 Å². The molecular formula is C37H50ClN3O5S. The normalized spacial score (nSPS) is 34.8. The van der Waals surface area contributed by atoms with Gasteiger partial charge in [-0.2, -0.15) is 0 Å². The van der Waals surface area contributed by atoms with Gasteiger partial charge in [0, 0.05) is 47.4 Å². The Morgan fingerprint density at radius 3 is 2.77 bits per heavy atom. The molecule has 47 heavy (non-hydrogen) atoms. The Bertz CT molecular complexity index is 1630. The van der Waals surface area contributed by atoms with Crippen molar-refractivity contribution >= 4 is 38.8 Å². The van der Waals surface area contributed by atoms with E-state index in [2.05, 4.69) is 27.6 Å². The fourth-order valence-corrected chi connectivity index (χ4v) is 10.00. The van der Waals surface area contributed by atoms with Crippen molar-refractivity contribution in [3.8, 4) is 5.75 Å². The summed E-state index contributed by atoms with van der Waals surface area (Å²) in [6, 6.07) is 11.7. The zero-order chi connectivity index (χ0) is 33.6.